The molecule has 1 fully saturated rings. The standard InChI is InChI=1S/C14H29N/c1-12(2)10-13-8-6-7-9-15(11-13)14(3,4)5/h12-13H,6-11H2,1-5H3. The van der Waals surface area contributed by atoms with E-state index in [4.69, 9.17) is 0 Å². The summed E-state index contributed by atoms with van der Waals surface area (Å²) in [7, 11) is 0. The van der Waals surface area contributed by atoms with Crippen LogP contribution >= 0.6 is 0 Å². The van der Waals surface area contributed by atoms with Crippen molar-refractivity contribution in [2.45, 2.75) is 65.8 Å². The maximum absolute atomic E-state index is 2.69. The lowest BCUT2D eigenvalue weighted by Gasteiger charge is -2.36. The van der Waals surface area contributed by atoms with E-state index in [1.807, 2.05) is 0 Å². The van der Waals surface area contributed by atoms with Crippen LogP contribution in [-0.2, 0) is 0 Å². The zero-order chi connectivity index (χ0) is 11.5. The lowest BCUT2D eigenvalue weighted by molar-refractivity contribution is 0.118. The predicted molar refractivity (Wildman–Crippen MR) is 68.1 cm³/mol. The molecule has 0 spiro atoms. The van der Waals surface area contributed by atoms with Crippen molar-refractivity contribution in [3.8, 4) is 0 Å². The summed E-state index contributed by atoms with van der Waals surface area (Å²) in [5.41, 5.74) is 0.361. The van der Waals surface area contributed by atoms with E-state index in [0.29, 0.717) is 5.54 Å². The maximum Gasteiger partial charge on any atom is 0.0125 e. The first-order valence-corrected chi connectivity index (χ1v) is 6.64. The van der Waals surface area contributed by atoms with Crippen LogP contribution in [0.3, 0.4) is 0 Å². The van der Waals surface area contributed by atoms with Gasteiger partial charge in [-0.15, -0.1) is 0 Å². The van der Waals surface area contributed by atoms with Crippen molar-refractivity contribution >= 4 is 0 Å². The van der Waals surface area contributed by atoms with Gasteiger partial charge in [-0.3, -0.25) is 4.90 Å². The quantitative estimate of drug-likeness (QED) is 0.669. The monoisotopic (exact) mass is 211 g/mol. The Morgan fingerprint density at radius 2 is 1.87 bits per heavy atom. The van der Waals surface area contributed by atoms with Crippen molar-refractivity contribution in [1.29, 1.82) is 0 Å². The highest BCUT2D eigenvalue weighted by Crippen LogP contribution is 2.26. The number of hydrogen-bond donors (Lipinski definition) is 0. The summed E-state index contributed by atoms with van der Waals surface area (Å²) in [6.07, 6.45) is 5.69. The minimum atomic E-state index is 0.361. The molecule has 0 radical (unpaired) electrons. The minimum absolute atomic E-state index is 0.361. The van der Waals surface area contributed by atoms with Gasteiger partial charge < -0.3 is 0 Å². The number of nitrogens with zero attached hydrogens (tertiary/aromatic N) is 1. The van der Waals surface area contributed by atoms with Crippen LogP contribution in [0.5, 0.6) is 0 Å². The van der Waals surface area contributed by atoms with Gasteiger partial charge in [-0.1, -0.05) is 20.3 Å². The van der Waals surface area contributed by atoms with E-state index in [0.717, 1.165) is 11.8 Å². The molecule has 0 aromatic heterocycles. The molecule has 0 saturated carbocycles. The van der Waals surface area contributed by atoms with E-state index in [1.165, 1.54) is 38.8 Å². The Morgan fingerprint density at radius 3 is 2.40 bits per heavy atom. The Kier molecular flexibility index (Phi) is 4.64. The molecule has 1 nitrogen and oxygen atoms in total. The highest BCUT2D eigenvalue weighted by atomic mass is 15.2. The van der Waals surface area contributed by atoms with Crippen LogP contribution in [0.15, 0.2) is 0 Å². The second-order valence-electron chi connectivity index (χ2n) is 6.61. The summed E-state index contributed by atoms with van der Waals surface area (Å²) in [6, 6.07) is 0. The van der Waals surface area contributed by atoms with Crippen LogP contribution in [0.1, 0.15) is 60.3 Å². The van der Waals surface area contributed by atoms with Crippen LogP contribution in [0.25, 0.3) is 0 Å². The molecule has 90 valence electrons. The van der Waals surface area contributed by atoms with E-state index in [1.54, 1.807) is 0 Å². The summed E-state index contributed by atoms with van der Waals surface area (Å²) < 4.78 is 0. The highest BCUT2D eigenvalue weighted by molar-refractivity contribution is 4.81. The molecule has 0 amide bonds. The van der Waals surface area contributed by atoms with E-state index >= 15 is 0 Å². The van der Waals surface area contributed by atoms with Crippen molar-refractivity contribution in [3.63, 3.8) is 0 Å². The van der Waals surface area contributed by atoms with Gasteiger partial charge in [0.15, 0.2) is 0 Å². The Labute approximate surface area is 96.2 Å². The van der Waals surface area contributed by atoms with E-state index < -0.39 is 0 Å². The van der Waals surface area contributed by atoms with Crippen molar-refractivity contribution in [2.75, 3.05) is 13.1 Å². The van der Waals surface area contributed by atoms with E-state index in [-0.39, 0.29) is 0 Å². The molecule has 1 heterocycles. The SMILES string of the molecule is CC(C)CC1CCCCN(C(C)(C)C)C1. The molecule has 0 bridgehead atoms. The van der Waals surface area contributed by atoms with Gasteiger partial charge in [-0.25, -0.2) is 0 Å². The first-order chi connectivity index (χ1) is 6.89. The zero-order valence-electron chi connectivity index (χ0n) is 11.3. The summed E-state index contributed by atoms with van der Waals surface area (Å²) in [4.78, 5) is 2.69. The van der Waals surface area contributed by atoms with Gasteiger partial charge in [-0.2, -0.15) is 0 Å². The molecule has 0 N–H and O–H groups in total. The lowest BCUT2D eigenvalue weighted by atomic mass is 9.92. The average molecular weight is 211 g/mol. The molecule has 0 aliphatic carbocycles. The molecule has 0 aromatic carbocycles. The molecule has 1 atom stereocenters. The van der Waals surface area contributed by atoms with Gasteiger partial charge in [0.05, 0.1) is 0 Å². The van der Waals surface area contributed by atoms with Crippen LogP contribution in [0, 0.1) is 11.8 Å². The van der Waals surface area contributed by atoms with Crippen molar-refractivity contribution in [3.05, 3.63) is 0 Å². The second kappa shape index (κ2) is 5.34. The van der Waals surface area contributed by atoms with Crippen LogP contribution in [0.4, 0.5) is 0 Å². The fourth-order valence-corrected chi connectivity index (χ4v) is 2.70. The molecule has 1 aliphatic heterocycles. The number of hydrogen-bond acceptors (Lipinski definition) is 1. The zero-order valence-corrected chi connectivity index (χ0v) is 11.3. The van der Waals surface area contributed by atoms with Crippen molar-refractivity contribution in [1.82, 2.24) is 4.90 Å². The molecule has 1 unspecified atom stereocenters. The van der Waals surface area contributed by atoms with Gasteiger partial charge in [0.2, 0.25) is 0 Å². The molecule has 1 heteroatoms. The van der Waals surface area contributed by atoms with Gasteiger partial charge in [0.25, 0.3) is 0 Å². The predicted octanol–water partition coefficient (Wildman–Crippen LogP) is 3.93. The first kappa shape index (κ1) is 13.0. The van der Waals surface area contributed by atoms with Crippen LogP contribution in [0.2, 0.25) is 0 Å². The average Bonchev–Trinajstić information content (AvgIpc) is 2.27. The van der Waals surface area contributed by atoms with Crippen LogP contribution in [-0.4, -0.2) is 23.5 Å². The summed E-state index contributed by atoms with van der Waals surface area (Å²) in [6.45, 7) is 14.4. The van der Waals surface area contributed by atoms with Gasteiger partial charge >= 0.3 is 0 Å². The molecule has 1 rings (SSSR count). The van der Waals surface area contributed by atoms with E-state index in [2.05, 4.69) is 39.5 Å². The topological polar surface area (TPSA) is 3.24 Å². The third-order valence-corrected chi connectivity index (χ3v) is 3.52. The normalized spacial score (nSPS) is 25.6. The summed E-state index contributed by atoms with van der Waals surface area (Å²) >= 11 is 0. The minimum Gasteiger partial charge on any atom is -0.298 e. The molecule has 1 aliphatic rings. The third kappa shape index (κ3) is 4.55. The first-order valence-electron chi connectivity index (χ1n) is 6.64. The largest absolute Gasteiger partial charge is 0.298 e. The third-order valence-electron chi connectivity index (χ3n) is 3.52. The maximum atomic E-state index is 2.69. The van der Waals surface area contributed by atoms with Gasteiger partial charge in [0.1, 0.15) is 0 Å². The van der Waals surface area contributed by atoms with Gasteiger partial charge in [0, 0.05) is 12.1 Å². The van der Waals surface area contributed by atoms with Gasteiger partial charge in [-0.05, 0) is 58.4 Å². The molecular formula is C14H29N. The Hall–Kier alpha value is -0.0400. The second-order valence-corrected chi connectivity index (χ2v) is 6.61. The number of rotatable bonds is 2. The smallest absolute Gasteiger partial charge is 0.0125 e. The van der Waals surface area contributed by atoms with Crippen LogP contribution < -0.4 is 0 Å². The Morgan fingerprint density at radius 1 is 1.20 bits per heavy atom. The lowest BCUT2D eigenvalue weighted by Crippen LogP contribution is -2.43. The fourth-order valence-electron chi connectivity index (χ4n) is 2.70. The molecule has 1 saturated heterocycles. The number of likely N-dealkylation sites (tertiary alicyclic amines) is 1. The van der Waals surface area contributed by atoms with Crippen molar-refractivity contribution < 1.29 is 0 Å². The van der Waals surface area contributed by atoms with Crippen molar-refractivity contribution in [2.24, 2.45) is 11.8 Å². The highest BCUT2D eigenvalue weighted by Gasteiger charge is 2.26. The molecular weight excluding hydrogens is 182 g/mol. The molecule has 15 heavy (non-hydrogen) atoms. The van der Waals surface area contributed by atoms with E-state index in [9.17, 15) is 0 Å². The fraction of sp³-hybridized carbons (Fsp3) is 1.00. The molecule has 0 aromatic rings. The Bertz CT molecular complexity index is 178. The summed E-state index contributed by atoms with van der Waals surface area (Å²) in [5.74, 6) is 1.79. The summed E-state index contributed by atoms with van der Waals surface area (Å²) in [5, 5.41) is 0. The Balaban J connectivity index is 2.53.